The predicted molar refractivity (Wildman–Crippen MR) is 83.8 cm³/mol. The van der Waals surface area contributed by atoms with Crippen LogP contribution in [0.15, 0.2) is 24.3 Å². The van der Waals surface area contributed by atoms with Gasteiger partial charge in [0, 0.05) is 31.9 Å². The summed E-state index contributed by atoms with van der Waals surface area (Å²) >= 11 is 0. The molecule has 1 aromatic carbocycles. The van der Waals surface area contributed by atoms with Crippen molar-refractivity contribution in [2.24, 2.45) is 5.92 Å². The van der Waals surface area contributed by atoms with Gasteiger partial charge in [-0.05, 0) is 31.4 Å². The number of nitrogens with one attached hydrogen (secondary N) is 1. The van der Waals surface area contributed by atoms with Gasteiger partial charge in [-0.25, -0.2) is 0 Å². The molecule has 1 aliphatic rings. The van der Waals surface area contributed by atoms with Gasteiger partial charge in [0.15, 0.2) is 0 Å². The quantitative estimate of drug-likeness (QED) is 0.711. The third kappa shape index (κ3) is 4.99. The fourth-order valence-corrected chi connectivity index (χ4v) is 2.80. The molecule has 1 fully saturated rings. The van der Waals surface area contributed by atoms with Gasteiger partial charge in [-0.3, -0.25) is 0 Å². The Balaban J connectivity index is 2.06. The van der Waals surface area contributed by atoms with Crippen molar-refractivity contribution in [1.82, 2.24) is 5.32 Å². The van der Waals surface area contributed by atoms with Gasteiger partial charge in [0.2, 0.25) is 0 Å². The molecular formula is C17H27NO3. The Morgan fingerprint density at radius 1 is 1.33 bits per heavy atom. The smallest absolute Gasteiger partial charge is 0.124 e. The fraction of sp³-hybridized carbons (Fsp3) is 0.647. The molecule has 1 N–H and O–H groups in total. The van der Waals surface area contributed by atoms with Gasteiger partial charge in [-0.2, -0.15) is 0 Å². The van der Waals surface area contributed by atoms with Crippen molar-refractivity contribution in [2.45, 2.75) is 25.8 Å². The fourth-order valence-electron chi connectivity index (χ4n) is 2.80. The summed E-state index contributed by atoms with van der Waals surface area (Å²) in [5.41, 5.74) is 1.24. The van der Waals surface area contributed by atoms with Crippen LogP contribution in [0, 0.1) is 5.92 Å². The molecule has 1 heterocycles. The van der Waals surface area contributed by atoms with Crippen LogP contribution in [-0.4, -0.2) is 40.1 Å². The SMILES string of the molecule is CCNC(CC1CCOC1)c1ccccc1OCCOC. The molecule has 0 saturated carbocycles. The first-order valence-corrected chi connectivity index (χ1v) is 7.87. The van der Waals surface area contributed by atoms with E-state index in [1.807, 2.05) is 12.1 Å². The molecular weight excluding hydrogens is 266 g/mol. The van der Waals surface area contributed by atoms with Crippen molar-refractivity contribution >= 4 is 0 Å². The highest BCUT2D eigenvalue weighted by Crippen LogP contribution is 2.31. The van der Waals surface area contributed by atoms with Crippen LogP contribution in [0.4, 0.5) is 0 Å². The molecule has 0 amide bonds. The van der Waals surface area contributed by atoms with Crippen LogP contribution >= 0.6 is 0 Å². The van der Waals surface area contributed by atoms with Crippen LogP contribution in [0.5, 0.6) is 5.75 Å². The van der Waals surface area contributed by atoms with Gasteiger partial charge in [0.25, 0.3) is 0 Å². The van der Waals surface area contributed by atoms with Gasteiger partial charge in [0.05, 0.1) is 6.61 Å². The van der Waals surface area contributed by atoms with E-state index in [2.05, 4.69) is 24.4 Å². The summed E-state index contributed by atoms with van der Waals surface area (Å²) in [5, 5.41) is 3.59. The minimum Gasteiger partial charge on any atom is -0.491 e. The molecule has 0 aliphatic carbocycles. The zero-order valence-electron chi connectivity index (χ0n) is 13.1. The Morgan fingerprint density at radius 3 is 2.90 bits per heavy atom. The maximum atomic E-state index is 5.87. The highest BCUT2D eigenvalue weighted by Gasteiger charge is 2.23. The Hall–Kier alpha value is -1.10. The first kappa shape index (κ1) is 16.3. The van der Waals surface area contributed by atoms with Crippen LogP contribution in [0.1, 0.15) is 31.4 Å². The highest BCUT2D eigenvalue weighted by molar-refractivity contribution is 5.36. The maximum Gasteiger partial charge on any atom is 0.124 e. The second kappa shape index (κ2) is 9.03. The van der Waals surface area contributed by atoms with E-state index in [1.165, 1.54) is 5.56 Å². The lowest BCUT2D eigenvalue weighted by atomic mass is 9.93. The van der Waals surface area contributed by atoms with Gasteiger partial charge < -0.3 is 19.5 Å². The van der Waals surface area contributed by atoms with Crippen LogP contribution < -0.4 is 10.1 Å². The molecule has 4 nitrogen and oxygen atoms in total. The number of benzene rings is 1. The summed E-state index contributed by atoms with van der Waals surface area (Å²) in [7, 11) is 1.69. The predicted octanol–water partition coefficient (Wildman–Crippen LogP) is 2.79. The summed E-state index contributed by atoms with van der Waals surface area (Å²) in [6, 6.07) is 8.62. The standard InChI is InChI=1S/C17H27NO3/c1-3-18-16(12-14-8-9-20-13-14)15-6-4-5-7-17(15)21-11-10-19-2/h4-7,14,16,18H,3,8-13H2,1-2H3. The minimum absolute atomic E-state index is 0.320. The van der Waals surface area contributed by atoms with Crippen molar-refractivity contribution in [3.05, 3.63) is 29.8 Å². The number of hydrogen-bond acceptors (Lipinski definition) is 4. The zero-order valence-corrected chi connectivity index (χ0v) is 13.1. The van der Waals surface area contributed by atoms with E-state index in [0.29, 0.717) is 25.2 Å². The number of para-hydroxylation sites is 1. The van der Waals surface area contributed by atoms with E-state index >= 15 is 0 Å². The van der Waals surface area contributed by atoms with Gasteiger partial charge >= 0.3 is 0 Å². The van der Waals surface area contributed by atoms with E-state index in [-0.39, 0.29) is 0 Å². The summed E-state index contributed by atoms with van der Waals surface area (Å²) in [6.45, 7) is 6.07. The average Bonchev–Trinajstić information content (AvgIpc) is 3.01. The van der Waals surface area contributed by atoms with Crippen molar-refractivity contribution < 1.29 is 14.2 Å². The molecule has 0 aromatic heterocycles. The number of rotatable bonds is 9. The first-order chi connectivity index (χ1) is 10.3. The Bertz CT molecular complexity index is 405. The van der Waals surface area contributed by atoms with Gasteiger partial charge in [-0.15, -0.1) is 0 Å². The van der Waals surface area contributed by atoms with Crippen LogP contribution in [-0.2, 0) is 9.47 Å². The molecule has 1 saturated heterocycles. The summed E-state index contributed by atoms with van der Waals surface area (Å²) < 4.78 is 16.4. The van der Waals surface area contributed by atoms with E-state index in [1.54, 1.807) is 7.11 Å². The third-order valence-corrected chi connectivity index (χ3v) is 3.88. The van der Waals surface area contributed by atoms with E-state index in [0.717, 1.165) is 38.3 Å². The molecule has 4 heteroatoms. The monoisotopic (exact) mass is 293 g/mol. The molecule has 1 aromatic rings. The molecule has 0 radical (unpaired) electrons. The topological polar surface area (TPSA) is 39.7 Å². The van der Waals surface area contributed by atoms with Crippen LogP contribution in [0.2, 0.25) is 0 Å². The zero-order chi connectivity index (χ0) is 14.9. The van der Waals surface area contributed by atoms with Crippen molar-refractivity contribution in [2.75, 3.05) is 40.1 Å². The van der Waals surface area contributed by atoms with Crippen LogP contribution in [0.25, 0.3) is 0 Å². The molecule has 21 heavy (non-hydrogen) atoms. The number of hydrogen-bond donors (Lipinski definition) is 1. The van der Waals surface area contributed by atoms with E-state index in [9.17, 15) is 0 Å². The van der Waals surface area contributed by atoms with Crippen LogP contribution in [0.3, 0.4) is 0 Å². The van der Waals surface area contributed by atoms with Gasteiger partial charge in [0.1, 0.15) is 12.4 Å². The summed E-state index contributed by atoms with van der Waals surface area (Å²) in [6.07, 6.45) is 2.26. The molecule has 2 unspecified atom stereocenters. The van der Waals surface area contributed by atoms with E-state index < -0.39 is 0 Å². The minimum atomic E-state index is 0.320. The molecule has 0 spiro atoms. The second-order valence-electron chi connectivity index (χ2n) is 5.45. The highest BCUT2D eigenvalue weighted by atomic mass is 16.5. The Kier molecular flexibility index (Phi) is 7.00. The first-order valence-electron chi connectivity index (χ1n) is 7.87. The van der Waals surface area contributed by atoms with Crippen molar-refractivity contribution in [1.29, 1.82) is 0 Å². The largest absolute Gasteiger partial charge is 0.491 e. The maximum absolute atomic E-state index is 5.87. The van der Waals surface area contributed by atoms with Gasteiger partial charge in [-0.1, -0.05) is 25.1 Å². The lowest BCUT2D eigenvalue weighted by molar-refractivity contribution is 0.145. The lowest BCUT2D eigenvalue weighted by Crippen LogP contribution is -2.24. The molecule has 2 rings (SSSR count). The normalized spacial score (nSPS) is 19.6. The average molecular weight is 293 g/mol. The van der Waals surface area contributed by atoms with Crippen molar-refractivity contribution in [3.8, 4) is 5.75 Å². The molecule has 1 aliphatic heterocycles. The summed E-state index contributed by atoms with van der Waals surface area (Å²) in [4.78, 5) is 0. The number of ether oxygens (including phenoxy) is 3. The number of methoxy groups -OCH3 is 1. The molecule has 0 bridgehead atoms. The second-order valence-corrected chi connectivity index (χ2v) is 5.45. The Morgan fingerprint density at radius 2 is 2.19 bits per heavy atom. The molecule has 118 valence electrons. The summed E-state index contributed by atoms with van der Waals surface area (Å²) in [5.74, 6) is 1.60. The van der Waals surface area contributed by atoms with Crippen molar-refractivity contribution in [3.63, 3.8) is 0 Å². The Labute approximate surface area is 127 Å². The third-order valence-electron chi connectivity index (χ3n) is 3.88. The lowest BCUT2D eigenvalue weighted by Gasteiger charge is -2.23. The van der Waals surface area contributed by atoms with E-state index in [4.69, 9.17) is 14.2 Å². The molecule has 2 atom stereocenters.